The Morgan fingerprint density at radius 1 is 1.04 bits per heavy atom. The second-order valence-corrected chi connectivity index (χ2v) is 6.49. The first-order valence-electron chi connectivity index (χ1n) is 7.91. The molecule has 0 N–H and O–H groups in total. The van der Waals surface area contributed by atoms with Gasteiger partial charge in [-0.3, -0.25) is 0 Å². The quantitative estimate of drug-likeness (QED) is 0.751. The summed E-state index contributed by atoms with van der Waals surface area (Å²) < 4.78 is 44.1. The molecule has 0 spiro atoms. The maximum Gasteiger partial charge on any atom is 0.416 e. The van der Waals surface area contributed by atoms with E-state index in [9.17, 15) is 13.2 Å². The molecule has 6 heteroatoms. The van der Waals surface area contributed by atoms with E-state index in [1.807, 2.05) is 32.3 Å². The highest BCUT2D eigenvalue weighted by Crippen LogP contribution is 2.40. The van der Waals surface area contributed by atoms with Gasteiger partial charge in [-0.15, -0.1) is 12.4 Å². The molecule has 2 atom stereocenters. The van der Waals surface area contributed by atoms with Gasteiger partial charge in [0.25, 0.3) is 0 Å². The molecule has 0 aromatic heterocycles. The number of hydrogen-bond acceptors (Lipinski definition) is 2. The van der Waals surface area contributed by atoms with E-state index in [2.05, 4.69) is 11.0 Å². The third kappa shape index (κ3) is 4.47. The van der Waals surface area contributed by atoms with Gasteiger partial charge in [0.1, 0.15) is 11.9 Å². The Labute approximate surface area is 152 Å². The molecular weight excluding hydrogens is 351 g/mol. The van der Waals surface area contributed by atoms with Crippen LogP contribution < -0.4 is 4.74 Å². The third-order valence-corrected chi connectivity index (χ3v) is 4.32. The summed E-state index contributed by atoms with van der Waals surface area (Å²) in [6.45, 7) is 0.861. The molecule has 3 rings (SSSR count). The maximum atomic E-state index is 12.7. The number of rotatable bonds is 4. The lowest BCUT2D eigenvalue weighted by Crippen LogP contribution is -2.27. The first-order chi connectivity index (χ1) is 11.3. The van der Waals surface area contributed by atoms with E-state index in [4.69, 9.17) is 4.74 Å². The molecule has 0 saturated heterocycles. The van der Waals surface area contributed by atoms with Gasteiger partial charge in [-0.2, -0.15) is 13.2 Å². The van der Waals surface area contributed by atoms with Crippen molar-refractivity contribution in [2.75, 3.05) is 20.6 Å². The second-order valence-electron chi connectivity index (χ2n) is 6.49. The Morgan fingerprint density at radius 2 is 1.68 bits per heavy atom. The minimum absolute atomic E-state index is 0. The van der Waals surface area contributed by atoms with Crippen molar-refractivity contribution in [2.45, 2.75) is 18.7 Å². The van der Waals surface area contributed by atoms with Crippen molar-refractivity contribution in [1.82, 2.24) is 4.90 Å². The van der Waals surface area contributed by atoms with Crippen LogP contribution in [0.2, 0.25) is 0 Å². The summed E-state index contributed by atoms with van der Waals surface area (Å²) in [4.78, 5) is 2.11. The molecule has 0 radical (unpaired) electrons. The van der Waals surface area contributed by atoms with E-state index in [-0.39, 0.29) is 24.4 Å². The molecule has 0 bridgehead atoms. The number of halogens is 4. The number of benzene rings is 2. The lowest BCUT2D eigenvalue weighted by atomic mass is 10.0. The molecule has 0 aliphatic heterocycles. The zero-order valence-corrected chi connectivity index (χ0v) is 14.9. The Balaban J connectivity index is 0.00000225. The van der Waals surface area contributed by atoms with Gasteiger partial charge >= 0.3 is 6.18 Å². The zero-order chi connectivity index (χ0) is 17.3. The summed E-state index contributed by atoms with van der Waals surface area (Å²) in [7, 11) is 4.02. The number of ether oxygens (including phenoxy) is 1. The molecule has 0 heterocycles. The molecule has 136 valence electrons. The predicted molar refractivity (Wildman–Crippen MR) is 94.3 cm³/mol. The van der Waals surface area contributed by atoms with Gasteiger partial charge in [0.05, 0.1) is 5.56 Å². The SMILES string of the molecule is CN(C)CC1Cc2ccccc2C1Oc1ccc(C(F)(F)F)cc1.Cl. The summed E-state index contributed by atoms with van der Waals surface area (Å²) >= 11 is 0. The standard InChI is InChI=1S/C19H20F3NO.ClH/c1-23(2)12-14-11-13-5-3-4-6-17(13)18(14)24-16-9-7-15(8-10-16)19(20,21)22;/h3-10,14,18H,11-12H2,1-2H3;1H. The van der Waals surface area contributed by atoms with Crippen LogP contribution in [-0.4, -0.2) is 25.5 Å². The molecule has 2 aromatic carbocycles. The molecular formula is C19H21ClF3NO. The van der Waals surface area contributed by atoms with Crippen LogP contribution >= 0.6 is 12.4 Å². The lowest BCUT2D eigenvalue weighted by Gasteiger charge is -2.25. The van der Waals surface area contributed by atoms with Gasteiger partial charge in [-0.25, -0.2) is 0 Å². The number of nitrogens with zero attached hydrogens (tertiary/aromatic N) is 1. The highest BCUT2D eigenvalue weighted by molar-refractivity contribution is 5.85. The summed E-state index contributed by atoms with van der Waals surface area (Å²) in [6.07, 6.45) is -3.55. The van der Waals surface area contributed by atoms with Crippen molar-refractivity contribution in [3.05, 3.63) is 65.2 Å². The molecule has 2 nitrogen and oxygen atoms in total. The van der Waals surface area contributed by atoms with Crippen LogP contribution in [0.25, 0.3) is 0 Å². The molecule has 0 amide bonds. The minimum atomic E-state index is -4.33. The van der Waals surface area contributed by atoms with Crippen LogP contribution in [0.5, 0.6) is 5.75 Å². The number of fused-ring (bicyclic) bond motifs is 1. The van der Waals surface area contributed by atoms with E-state index in [1.165, 1.54) is 17.7 Å². The molecule has 0 saturated carbocycles. The highest BCUT2D eigenvalue weighted by Gasteiger charge is 2.35. The van der Waals surface area contributed by atoms with Crippen molar-refractivity contribution in [1.29, 1.82) is 0 Å². The Bertz CT molecular complexity index is 701. The summed E-state index contributed by atoms with van der Waals surface area (Å²) in [6, 6.07) is 13.0. The summed E-state index contributed by atoms with van der Waals surface area (Å²) in [5.74, 6) is 0.744. The van der Waals surface area contributed by atoms with E-state index >= 15 is 0 Å². The minimum Gasteiger partial charge on any atom is -0.485 e. The van der Waals surface area contributed by atoms with Gasteiger partial charge in [-0.05, 0) is 55.9 Å². The van der Waals surface area contributed by atoms with Crippen LogP contribution in [0, 0.1) is 5.92 Å². The van der Waals surface area contributed by atoms with Crippen LogP contribution in [-0.2, 0) is 12.6 Å². The van der Waals surface area contributed by atoms with Crippen LogP contribution in [0.15, 0.2) is 48.5 Å². The molecule has 0 fully saturated rings. The zero-order valence-electron chi connectivity index (χ0n) is 14.1. The highest BCUT2D eigenvalue weighted by atomic mass is 35.5. The largest absolute Gasteiger partial charge is 0.485 e. The van der Waals surface area contributed by atoms with Gasteiger partial charge in [0.2, 0.25) is 0 Å². The van der Waals surface area contributed by atoms with Crippen molar-refractivity contribution in [3.8, 4) is 5.75 Å². The normalized spacial score (nSPS) is 19.4. The number of hydrogen-bond donors (Lipinski definition) is 0. The average molecular weight is 372 g/mol. The van der Waals surface area contributed by atoms with Gasteiger partial charge in [-0.1, -0.05) is 24.3 Å². The summed E-state index contributed by atoms with van der Waals surface area (Å²) in [5, 5.41) is 0. The fourth-order valence-corrected chi connectivity index (χ4v) is 3.30. The summed E-state index contributed by atoms with van der Waals surface area (Å²) in [5.41, 5.74) is 1.72. The Hall–Kier alpha value is -1.72. The van der Waals surface area contributed by atoms with Crippen molar-refractivity contribution >= 4 is 12.4 Å². The molecule has 1 aliphatic carbocycles. The molecule has 25 heavy (non-hydrogen) atoms. The van der Waals surface area contributed by atoms with Crippen LogP contribution in [0.3, 0.4) is 0 Å². The Morgan fingerprint density at radius 3 is 2.28 bits per heavy atom. The molecule has 1 aliphatic rings. The lowest BCUT2D eigenvalue weighted by molar-refractivity contribution is -0.137. The van der Waals surface area contributed by atoms with E-state index in [1.54, 1.807) is 0 Å². The molecule has 2 unspecified atom stereocenters. The van der Waals surface area contributed by atoms with Crippen LogP contribution in [0.1, 0.15) is 22.8 Å². The fourth-order valence-electron chi connectivity index (χ4n) is 3.30. The van der Waals surface area contributed by atoms with Gasteiger partial charge in [0.15, 0.2) is 0 Å². The number of alkyl halides is 3. The average Bonchev–Trinajstić information content (AvgIpc) is 2.84. The maximum absolute atomic E-state index is 12.7. The van der Waals surface area contributed by atoms with Crippen molar-refractivity contribution < 1.29 is 17.9 Å². The van der Waals surface area contributed by atoms with E-state index in [0.29, 0.717) is 5.75 Å². The van der Waals surface area contributed by atoms with Crippen LogP contribution in [0.4, 0.5) is 13.2 Å². The third-order valence-electron chi connectivity index (χ3n) is 4.32. The predicted octanol–water partition coefficient (Wildman–Crippen LogP) is 4.98. The Kier molecular flexibility index (Phi) is 6.01. The second kappa shape index (κ2) is 7.67. The first kappa shape index (κ1) is 19.6. The monoisotopic (exact) mass is 371 g/mol. The van der Waals surface area contributed by atoms with E-state index in [0.717, 1.165) is 30.7 Å². The molecule has 2 aromatic rings. The smallest absolute Gasteiger partial charge is 0.416 e. The fraction of sp³-hybridized carbons (Fsp3) is 0.368. The first-order valence-corrected chi connectivity index (χ1v) is 7.91. The van der Waals surface area contributed by atoms with Crippen molar-refractivity contribution in [3.63, 3.8) is 0 Å². The van der Waals surface area contributed by atoms with Crippen molar-refractivity contribution in [2.24, 2.45) is 5.92 Å². The topological polar surface area (TPSA) is 12.5 Å². The van der Waals surface area contributed by atoms with Gasteiger partial charge < -0.3 is 9.64 Å². The van der Waals surface area contributed by atoms with E-state index < -0.39 is 11.7 Å². The van der Waals surface area contributed by atoms with Gasteiger partial charge in [0, 0.05) is 12.5 Å².